The highest BCUT2D eigenvalue weighted by molar-refractivity contribution is 7.92. The van der Waals surface area contributed by atoms with Gasteiger partial charge in [-0.3, -0.25) is 9.52 Å². The smallest absolute Gasteiger partial charge is 0.251 e. The number of piperidine rings is 1. The zero-order valence-electron chi connectivity index (χ0n) is 14.9. The summed E-state index contributed by atoms with van der Waals surface area (Å²) in [7, 11) is -0.710. The van der Waals surface area contributed by atoms with Crippen molar-refractivity contribution in [2.45, 2.75) is 19.4 Å². The number of carbonyl (C=O) groups excluding carboxylic acids is 1. The van der Waals surface area contributed by atoms with Crippen LogP contribution < -0.4 is 24.8 Å². The predicted octanol–water partition coefficient (Wildman–Crippen LogP) is 0.803. The van der Waals surface area contributed by atoms with Crippen LogP contribution in [0.2, 0.25) is 0 Å². The SMILES string of the molecule is COc1cc(C(=O)NC2CNCCC2C)cc(NS(C)(=O)=O)c1OC. The minimum Gasteiger partial charge on any atom is -0.493 e. The molecule has 0 radical (unpaired) electrons. The number of amides is 1. The zero-order chi connectivity index (χ0) is 18.6. The third-order valence-corrected chi connectivity index (χ3v) is 4.77. The molecule has 2 rings (SSSR count). The van der Waals surface area contributed by atoms with Crippen molar-refractivity contribution in [1.82, 2.24) is 10.6 Å². The second-order valence-corrected chi connectivity index (χ2v) is 7.93. The Morgan fingerprint density at radius 2 is 2.00 bits per heavy atom. The van der Waals surface area contributed by atoms with Crippen molar-refractivity contribution in [3.05, 3.63) is 17.7 Å². The van der Waals surface area contributed by atoms with E-state index < -0.39 is 10.0 Å². The summed E-state index contributed by atoms with van der Waals surface area (Å²) in [4.78, 5) is 12.6. The molecule has 0 bridgehead atoms. The molecule has 140 valence electrons. The van der Waals surface area contributed by atoms with Gasteiger partial charge in [0, 0.05) is 18.2 Å². The van der Waals surface area contributed by atoms with Crippen LogP contribution in [0.15, 0.2) is 12.1 Å². The highest BCUT2D eigenvalue weighted by Gasteiger charge is 2.24. The maximum absolute atomic E-state index is 12.6. The molecule has 8 nitrogen and oxygen atoms in total. The van der Waals surface area contributed by atoms with Gasteiger partial charge in [0.15, 0.2) is 11.5 Å². The summed E-state index contributed by atoms with van der Waals surface area (Å²) in [5.74, 6) is 0.560. The van der Waals surface area contributed by atoms with Crippen LogP contribution in [0.3, 0.4) is 0 Å². The number of rotatable bonds is 6. The molecule has 1 aliphatic heterocycles. The van der Waals surface area contributed by atoms with Crippen LogP contribution in [0.1, 0.15) is 23.7 Å². The van der Waals surface area contributed by atoms with Gasteiger partial charge in [0.2, 0.25) is 10.0 Å². The van der Waals surface area contributed by atoms with Crippen LogP contribution in [0.5, 0.6) is 11.5 Å². The molecule has 25 heavy (non-hydrogen) atoms. The van der Waals surface area contributed by atoms with Crippen molar-refractivity contribution in [3.8, 4) is 11.5 Å². The molecular formula is C16H25N3O5S. The third kappa shape index (κ3) is 4.99. The van der Waals surface area contributed by atoms with Gasteiger partial charge >= 0.3 is 0 Å². The Morgan fingerprint density at radius 1 is 1.28 bits per heavy atom. The molecule has 2 atom stereocenters. The summed E-state index contributed by atoms with van der Waals surface area (Å²) >= 11 is 0. The van der Waals surface area contributed by atoms with Gasteiger partial charge in [-0.05, 0) is 31.0 Å². The Kier molecular flexibility index (Phi) is 6.12. The van der Waals surface area contributed by atoms with E-state index in [0.717, 1.165) is 19.2 Å². The minimum atomic E-state index is -3.54. The van der Waals surface area contributed by atoms with Crippen LogP contribution in [0.4, 0.5) is 5.69 Å². The predicted molar refractivity (Wildman–Crippen MR) is 95.9 cm³/mol. The van der Waals surface area contributed by atoms with E-state index >= 15 is 0 Å². The number of hydrogen-bond acceptors (Lipinski definition) is 6. The number of sulfonamides is 1. The number of ether oxygens (including phenoxy) is 2. The van der Waals surface area contributed by atoms with Crippen LogP contribution in [-0.2, 0) is 10.0 Å². The molecule has 1 aliphatic rings. The lowest BCUT2D eigenvalue weighted by Gasteiger charge is -2.30. The maximum atomic E-state index is 12.6. The number of anilines is 1. The number of carbonyl (C=O) groups is 1. The first-order valence-corrected chi connectivity index (χ1v) is 9.89. The van der Waals surface area contributed by atoms with E-state index in [1.165, 1.54) is 26.4 Å². The van der Waals surface area contributed by atoms with Gasteiger partial charge in [0.1, 0.15) is 0 Å². The summed E-state index contributed by atoms with van der Waals surface area (Å²) in [5.41, 5.74) is 0.450. The summed E-state index contributed by atoms with van der Waals surface area (Å²) in [6, 6.07) is 2.99. The highest BCUT2D eigenvalue weighted by Crippen LogP contribution is 2.37. The number of nitrogens with one attached hydrogen (secondary N) is 3. The average Bonchev–Trinajstić information content (AvgIpc) is 2.54. The van der Waals surface area contributed by atoms with Crippen LogP contribution >= 0.6 is 0 Å². The molecular weight excluding hydrogens is 346 g/mol. The van der Waals surface area contributed by atoms with E-state index in [1.807, 2.05) is 0 Å². The van der Waals surface area contributed by atoms with Crippen LogP contribution in [-0.4, -0.2) is 53.9 Å². The molecule has 1 aromatic rings. The summed E-state index contributed by atoms with van der Waals surface area (Å²) in [5, 5.41) is 6.24. The lowest BCUT2D eigenvalue weighted by Crippen LogP contribution is -2.50. The van der Waals surface area contributed by atoms with Crippen molar-refractivity contribution >= 4 is 21.6 Å². The average molecular weight is 371 g/mol. The quantitative estimate of drug-likeness (QED) is 0.683. The van der Waals surface area contributed by atoms with Crippen LogP contribution in [0, 0.1) is 5.92 Å². The molecule has 0 aliphatic carbocycles. The Labute approximate surface area is 148 Å². The fraction of sp³-hybridized carbons (Fsp3) is 0.562. The maximum Gasteiger partial charge on any atom is 0.251 e. The van der Waals surface area contributed by atoms with E-state index in [4.69, 9.17) is 9.47 Å². The molecule has 0 saturated carbocycles. The number of hydrogen-bond donors (Lipinski definition) is 3. The molecule has 2 unspecified atom stereocenters. The van der Waals surface area contributed by atoms with Gasteiger partial charge in [-0.25, -0.2) is 8.42 Å². The summed E-state index contributed by atoms with van der Waals surface area (Å²) in [6.07, 6.45) is 2.01. The topological polar surface area (TPSA) is 106 Å². The second-order valence-electron chi connectivity index (χ2n) is 6.18. The highest BCUT2D eigenvalue weighted by atomic mass is 32.2. The van der Waals surface area contributed by atoms with E-state index in [2.05, 4.69) is 22.3 Å². The zero-order valence-corrected chi connectivity index (χ0v) is 15.7. The third-order valence-electron chi connectivity index (χ3n) is 4.18. The van der Waals surface area contributed by atoms with Gasteiger partial charge in [-0.15, -0.1) is 0 Å². The van der Waals surface area contributed by atoms with Crippen molar-refractivity contribution < 1.29 is 22.7 Å². The van der Waals surface area contributed by atoms with Gasteiger partial charge in [0.25, 0.3) is 5.91 Å². The summed E-state index contributed by atoms with van der Waals surface area (Å²) < 4.78 is 36.0. The Morgan fingerprint density at radius 3 is 2.56 bits per heavy atom. The van der Waals surface area contributed by atoms with E-state index in [1.54, 1.807) is 0 Å². The molecule has 0 spiro atoms. The lowest BCUT2D eigenvalue weighted by atomic mass is 9.94. The lowest BCUT2D eigenvalue weighted by molar-refractivity contribution is 0.0915. The largest absolute Gasteiger partial charge is 0.493 e. The minimum absolute atomic E-state index is 0.0145. The fourth-order valence-corrected chi connectivity index (χ4v) is 3.36. The molecule has 1 heterocycles. The van der Waals surface area contributed by atoms with Gasteiger partial charge < -0.3 is 20.1 Å². The van der Waals surface area contributed by atoms with Gasteiger partial charge in [-0.2, -0.15) is 0 Å². The first-order chi connectivity index (χ1) is 11.7. The molecule has 1 amide bonds. The van der Waals surface area contributed by atoms with E-state index in [9.17, 15) is 13.2 Å². The first-order valence-electron chi connectivity index (χ1n) is 8.00. The first kappa shape index (κ1) is 19.3. The van der Waals surface area contributed by atoms with Crippen LogP contribution in [0.25, 0.3) is 0 Å². The molecule has 0 aromatic heterocycles. The van der Waals surface area contributed by atoms with Gasteiger partial charge in [0.05, 0.1) is 26.2 Å². The van der Waals surface area contributed by atoms with Crippen molar-refractivity contribution in [2.75, 3.05) is 38.3 Å². The van der Waals surface area contributed by atoms with E-state index in [-0.39, 0.29) is 29.1 Å². The van der Waals surface area contributed by atoms with Crippen molar-refractivity contribution in [1.29, 1.82) is 0 Å². The van der Waals surface area contributed by atoms with Crippen molar-refractivity contribution in [3.63, 3.8) is 0 Å². The number of methoxy groups -OCH3 is 2. The van der Waals surface area contributed by atoms with Gasteiger partial charge in [-0.1, -0.05) is 6.92 Å². The molecule has 1 saturated heterocycles. The second kappa shape index (κ2) is 7.92. The molecule has 9 heteroatoms. The Hall–Kier alpha value is -2.00. The molecule has 1 fully saturated rings. The standard InChI is InChI=1S/C16H25N3O5S/c1-10-5-6-17-9-13(10)18-16(20)11-7-12(19-25(4,21)22)15(24-3)14(8-11)23-2/h7-8,10,13,17,19H,5-6,9H2,1-4H3,(H,18,20). The van der Waals surface area contributed by atoms with E-state index in [0.29, 0.717) is 18.0 Å². The fourth-order valence-electron chi connectivity index (χ4n) is 2.81. The Bertz CT molecular complexity index is 736. The normalized spacial score (nSPS) is 20.6. The number of benzene rings is 1. The van der Waals surface area contributed by atoms with Crippen molar-refractivity contribution in [2.24, 2.45) is 5.92 Å². The summed E-state index contributed by atoms with van der Waals surface area (Å²) in [6.45, 7) is 3.73. The Balaban J connectivity index is 2.33. The molecule has 3 N–H and O–H groups in total. The monoisotopic (exact) mass is 371 g/mol. The molecule has 1 aromatic carbocycles.